The molecule has 2 heterocycles. The summed E-state index contributed by atoms with van der Waals surface area (Å²) in [5.74, 6) is 1.04. The van der Waals surface area contributed by atoms with Crippen molar-refractivity contribution in [3.05, 3.63) is 29.8 Å². The lowest BCUT2D eigenvalue weighted by atomic mass is 10.1. The lowest BCUT2D eigenvalue weighted by Crippen LogP contribution is -2.54. The quantitative estimate of drug-likeness (QED) is 0.867. The van der Waals surface area contributed by atoms with Crippen LogP contribution in [0.25, 0.3) is 0 Å². The van der Waals surface area contributed by atoms with E-state index in [2.05, 4.69) is 16.3 Å². The Labute approximate surface area is 137 Å². The maximum absolute atomic E-state index is 12.4. The number of nitrogens with zero attached hydrogens (tertiary/aromatic N) is 2. The van der Waals surface area contributed by atoms with Gasteiger partial charge in [0.15, 0.2) is 0 Å². The van der Waals surface area contributed by atoms with Gasteiger partial charge in [-0.25, -0.2) is 0 Å². The Morgan fingerprint density at radius 1 is 1.30 bits per heavy atom. The van der Waals surface area contributed by atoms with E-state index in [1.165, 1.54) is 5.56 Å². The molecule has 23 heavy (non-hydrogen) atoms. The molecule has 2 aliphatic heterocycles. The minimum Gasteiger partial charge on any atom is -0.496 e. The van der Waals surface area contributed by atoms with Crippen molar-refractivity contribution in [3.63, 3.8) is 0 Å². The van der Waals surface area contributed by atoms with Gasteiger partial charge in [-0.15, -0.1) is 0 Å². The first kappa shape index (κ1) is 16.2. The number of piperazine rings is 1. The van der Waals surface area contributed by atoms with Crippen LogP contribution in [-0.2, 0) is 16.1 Å². The average molecular weight is 319 g/mol. The summed E-state index contributed by atoms with van der Waals surface area (Å²) in [7, 11) is 1.70. The average Bonchev–Trinajstić information content (AvgIpc) is 2.63. The van der Waals surface area contributed by atoms with Crippen molar-refractivity contribution in [2.24, 2.45) is 0 Å². The van der Waals surface area contributed by atoms with E-state index >= 15 is 0 Å². The van der Waals surface area contributed by atoms with Gasteiger partial charge in [-0.2, -0.15) is 0 Å². The molecule has 0 spiro atoms. The molecule has 0 aliphatic carbocycles. The molecule has 0 bridgehead atoms. The first-order valence-corrected chi connectivity index (χ1v) is 8.23. The zero-order valence-corrected chi connectivity index (χ0v) is 13.7. The van der Waals surface area contributed by atoms with Crippen LogP contribution in [0.2, 0.25) is 0 Å². The van der Waals surface area contributed by atoms with Crippen LogP contribution in [-0.4, -0.2) is 74.8 Å². The van der Waals surface area contributed by atoms with Crippen LogP contribution in [0.1, 0.15) is 5.56 Å². The number of carbonyl (C=O) groups excluding carboxylic acids is 1. The Balaban J connectivity index is 1.51. The summed E-state index contributed by atoms with van der Waals surface area (Å²) in [6.45, 7) is 6.20. The van der Waals surface area contributed by atoms with Crippen molar-refractivity contribution in [2.45, 2.75) is 12.6 Å². The number of rotatable bonds is 4. The lowest BCUT2D eigenvalue weighted by Gasteiger charge is -2.37. The fourth-order valence-electron chi connectivity index (χ4n) is 3.13. The van der Waals surface area contributed by atoms with E-state index in [-0.39, 0.29) is 12.0 Å². The van der Waals surface area contributed by atoms with Gasteiger partial charge in [-0.05, 0) is 6.07 Å². The highest BCUT2D eigenvalue weighted by molar-refractivity contribution is 5.81. The predicted molar refractivity (Wildman–Crippen MR) is 87.5 cm³/mol. The second-order valence-corrected chi connectivity index (χ2v) is 5.98. The fourth-order valence-corrected chi connectivity index (χ4v) is 3.13. The number of nitrogens with one attached hydrogen (secondary N) is 1. The van der Waals surface area contributed by atoms with Gasteiger partial charge >= 0.3 is 0 Å². The third-order valence-corrected chi connectivity index (χ3v) is 4.47. The van der Waals surface area contributed by atoms with Gasteiger partial charge in [-0.3, -0.25) is 9.69 Å². The molecule has 0 aromatic heterocycles. The summed E-state index contributed by atoms with van der Waals surface area (Å²) >= 11 is 0. The van der Waals surface area contributed by atoms with Gasteiger partial charge in [0.2, 0.25) is 0 Å². The van der Waals surface area contributed by atoms with Crippen molar-refractivity contribution in [3.8, 4) is 5.75 Å². The van der Waals surface area contributed by atoms with Crippen molar-refractivity contribution >= 4 is 5.91 Å². The number of carbonyl (C=O) groups is 1. The Morgan fingerprint density at radius 2 is 2.09 bits per heavy atom. The molecule has 0 saturated carbocycles. The van der Waals surface area contributed by atoms with Gasteiger partial charge in [0.25, 0.3) is 5.91 Å². The maximum Gasteiger partial charge on any atom is 0.253 e. The van der Waals surface area contributed by atoms with Gasteiger partial charge in [0.05, 0.1) is 13.7 Å². The highest BCUT2D eigenvalue weighted by Crippen LogP contribution is 2.20. The Kier molecular flexibility index (Phi) is 5.48. The molecule has 1 N–H and O–H groups in total. The highest BCUT2D eigenvalue weighted by atomic mass is 16.5. The maximum atomic E-state index is 12.4. The normalized spacial score (nSPS) is 22.8. The number of morpholine rings is 1. The monoisotopic (exact) mass is 319 g/mol. The van der Waals surface area contributed by atoms with E-state index in [0.29, 0.717) is 13.2 Å². The van der Waals surface area contributed by atoms with Crippen molar-refractivity contribution in [1.82, 2.24) is 15.1 Å². The smallest absolute Gasteiger partial charge is 0.253 e. The van der Waals surface area contributed by atoms with Crippen LogP contribution in [0.15, 0.2) is 24.3 Å². The van der Waals surface area contributed by atoms with Gasteiger partial charge in [0, 0.05) is 51.4 Å². The van der Waals surface area contributed by atoms with E-state index in [4.69, 9.17) is 9.47 Å². The predicted octanol–water partition coefficient (Wildman–Crippen LogP) is 0.328. The SMILES string of the molecule is COc1ccccc1CN1CCN(C(=O)C2CNCCO2)CC1. The zero-order chi connectivity index (χ0) is 16.1. The fraction of sp³-hybridized carbons (Fsp3) is 0.588. The molecule has 2 fully saturated rings. The first-order chi connectivity index (χ1) is 11.3. The number of hydrogen-bond donors (Lipinski definition) is 1. The molecule has 3 rings (SSSR count). The summed E-state index contributed by atoms with van der Waals surface area (Å²) in [5.41, 5.74) is 1.19. The topological polar surface area (TPSA) is 54.0 Å². The highest BCUT2D eigenvalue weighted by Gasteiger charge is 2.29. The van der Waals surface area contributed by atoms with Crippen LogP contribution in [0.4, 0.5) is 0 Å². The van der Waals surface area contributed by atoms with Crippen molar-refractivity contribution in [2.75, 3.05) is 53.0 Å². The molecule has 6 nitrogen and oxygen atoms in total. The minimum atomic E-state index is -0.315. The first-order valence-electron chi connectivity index (χ1n) is 8.23. The molecule has 2 saturated heterocycles. The second-order valence-electron chi connectivity index (χ2n) is 5.98. The minimum absolute atomic E-state index is 0.120. The lowest BCUT2D eigenvalue weighted by molar-refractivity contribution is -0.147. The molecule has 6 heteroatoms. The zero-order valence-electron chi connectivity index (χ0n) is 13.7. The molecule has 1 unspecified atom stereocenters. The van der Waals surface area contributed by atoms with Crippen molar-refractivity contribution < 1.29 is 14.3 Å². The molecule has 1 aromatic carbocycles. The third kappa shape index (κ3) is 4.02. The summed E-state index contributed by atoms with van der Waals surface area (Å²) in [6.07, 6.45) is -0.315. The molecule has 126 valence electrons. The molecule has 1 amide bonds. The number of methoxy groups -OCH3 is 1. The number of para-hydroxylation sites is 1. The van der Waals surface area contributed by atoms with E-state index in [9.17, 15) is 4.79 Å². The van der Waals surface area contributed by atoms with E-state index in [1.807, 2.05) is 23.1 Å². The molecule has 2 aliphatic rings. The largest absolute Gasteiger partial charge is 0.496 e. The summed E-state index contributed by atoms with van der Waals surface area (Å²) in [6, 6.07) is 8.10. The number of benzene rings is 1. The molecular formula is C17H25N3O3. The van der Waals surface area contributed by atoms with E-state index in [0.717, 1.165) is 45.0 Å². The van der Waals surface area contributed by atoms with Crippen LogP contribution in [0.5, 0.6) is 5.75 Å². The Morgan fingerprint density at radius 3 is 2.78 bits per heavy atom. The second kappa shape index (κ2) is 7.77. The van der Waals surface area contributed by atoms with Gasteiger partial charge < -0.3 is 19.7 Å². The van der Waals surface area contributed by atoms with E-state index < -0.39 is 0 Å². The van der Waals surface area contributed by atoms with Crippen LogP contribution in [0.3, 0.4) is 0 Å². The van der Waals surface area contributed by atoms with Gasteiger partial charge in [0.1, 0.15) is 11.9 Å². The summed E-state index contributed by atoms with van der Waals surface area (Å²) in [5, 5.41) is 3.21. The summed E-state index contributed by atoms with van der Waals surface area (Å²) < 4.78 is 11.0. The molecular weight excluding hydrogens is 294 g/mol. The summed E-state index contributed by atoms with van der Waals surface area (Å²) in [4.78, 5) is 16.7. The number of ether oxygens (including phenoxy) is 2. The molecule has 1 aromatic rings. The Hall–Kier alpha value is -1.63. The van der Waals surface area contributed by atoms with Crippen molar-refractivity contribution in [1.29, 1.82) is 0 Å². The third-order valence-electron chi connectivity index (χ3n) is 4.47. The standard InChI is InChI=1S/C17H25N3O3/c1-22-15-5-3-2-4-14(15)13-19-7-9-20(10-8-19)17(21)16-12-18-6-11-23-16/h2-5,16,18H,6-13H2,1H3. The number of hydrogen-bond acceptors (Lipinski definition) is 5. The van der Waals surface area contributed by atoms with Crippen LogP contribution in [0, 0.1) is 0 Å². The molecule has 0 radical (unpaired) electrons. The van der Waals surface area contributed by atoms with Crippen LogP contribution < -0.4 is 10.1 Å². The molecule has 1 atom stereocenters. The van der Waals surface area contributed by atoms with Crippen LogP contribution >= 0.6 is 0 Å². The Bertz CT molecular complexity index is 524. The van der Waals surface area contributed by atoms with Gasteiger partial charge in [-0.1, -0.05) is 18.2 Å². The van der Waals surface area contributed by atoms with E-state index in [1.54, 1.807) is 7.11 Å². The number of amides is 1.